The molecule has 0 spiro atoms. The Hall–Kier alpha value is -0.353. The van der Waals surface area contributed by atoms with Gasteiger partial charge in [0.1, 0.15) is 6.61 Å². The first-order valence-corrected chi connectivity index (χ1v) is 14.2. The smallest absolute Gasteiger partial charge is 0.305 e. The van der Waals surface area contributed by atoms with Crippen LogP contribution in [0.4, 0.5) is 0 Å². The van der Waals surface area contributed by atoms with E-state index in [0.717, 1.165) is 12.8 Å². The molecule has 0 N–H and O–H groups in total. The first-order chi connectivity index (χ1) is 12.0. The van der Waals surface area contributed by atoms with Crippen molar-refractivity contribution < 1.29 is 14.0 Å². The van der Waals surface area contributed by atoms with Crippen LogP contribution in [0.1, 0.15) is 96.8 Å². The molecular weight excluding hydrogens is 328 g/mol. The molecule has 0 rings (SSSR count). The van der Waals surface area contributed by atoms with Crippen molar-refractivity contribution in [2.24, 2.45) is 0 Å². The Morgan fingerprint density at radius 1 is 0.680 bits per heavy atom. The van der Waals surface area contributed by atoms with Crippen molar-refractivity contribution in [2.75, 3.05) is 13.2 Å². The lowest BCUT2D eigenvalue weighted by atomic mass is 10.0. The molecule has 0 aromatic rings. The van der Waals surface area contributed by atoms with E-state index in [4.69, 9.17) is 9.16 Å². The van der Waals surface area contributed by atoms with Gasteiger partial charge in [-0.15, -0.1) is 0 Å². The lowest BCUT2D eigenvalue weighted by Crippen LogP contribution is -2.27. The van der Waals surface area contributed by atoms with Gasteiger partial charge in [0.2, 0.25) is 0 Å². The molecule has 0 bridgehead atoms. The van der Waals surface area contributed by atoms with E-state index in [9.17, 15) is 4.79 Å². The molecule has 0 atom stereocenters. The maximum absolute atomic E-state index is 11.6. The Bertz CT molecular complexity index is 300. The number of carbonyl (C=O) groups excluding carboxylic acids is 1. The van der Waals surface area contributed by atoms with E-state index in [1.54, 1.807) is 0 Å². The largest absolute Gasteiger partial charge is 0.463 e. The van der Waals surface area contributed by atoms with E-state index in [0.29, 0.717) is 19.6 Å². The highest BCUT2D eigenvalue weighted by Gasteiger charge is 2.13. The quantitative estimate of drug-likeness (QED) is 0.150. The van der Waals surface area contributed by atoms with Gasteiger partial charge in [-0.2, -0.15) is 0 Å². The van der Waals surface area contributed by atoms with Crippen molar-refractivity contribution in [2.45, 2.75) is 116 Å². The standard InChI is InChI=1S/C21H44O3Si/c1-5-6-7-8-9-10-11-12-13-14-15-16-17-18-21(22)23-19-20-24-25(2,3)4/h5-20H2,1-4H3. The van der Waals surface area contributed by atoms with Gasteiger partial charge in [0.15, 0.2) is 8.32 Å². The summed E-state index contributed by atoms with van der Waals surface area (Å²) in [5, 5.41) is 0. The number of hydrogen-bond acceptors (Lipinski definition) is 3. The Morgan fingerprint density at radius 3 is 1.56 bits per heavy atom. The zero-order chi connectivity index (χ0) is 18.8. The van der Waals surface area contributed by atoms with Gasteiger partial charge in [-0.25, -0.2) is 0 Å². The lowest BCUT2D eigenvalue weighted by Gasteiger charge is -2.16. The van der Waals surface area contributed by atoms with Gasteiger partial charge in [-0.1, -0.05) is 84.0 Å². The number of rotatable bonds is 18. The second-order valence-electron chi connectivity index (χ2n) is 8.17. The molecule has 4 heteroatoms. The van der Waals surface area contributed by atoms with Gasteiger partial charge in [0.25, 0.3) is 0 Å². The van der Waals surface area contributed by atoms with Crippen LogP contribution in [0.5, 0.6) is 0 Å². The number of carbonyl (C=O) groups is 1. The van der Waals surface area contributed by atoms with E-state index in [-0.39, 0.29) is 5.97 Å². The second kappa shape index (κ2) is 17.1. The Kier molecular flexibility index (Phi) is 16.8. The molecule has 25 heavy (non-hydrogen) atoms. The normalized spacial score (nSPS) is 11.7. The van der Waals surface area contributed by atoms with Crippen molar-refractivity contribution in [3.05, 3.63) is 0 Å². The average Bonchev–Trinajstić information content (AvgIpc) is 2.55. The van der Waals surface area contributed by atoms with Crippen LogP contribution in [0.15, 0.2) is 0 Å². The molecule has 0 radical (unpaired) electrons. The molecule has 0 aliphatic carbocycles. The first kappa shape index (κ1) is 24.6. The fourth-order valence-electron chi connectivity index (χ4n) is 2.86. The average molecular weight is 373 g/mol. The molecule has 150 valence electrons. The SMILES string of the molecule is CCCCCCCCCCCCCCCC(=O)OCCO[Si](C)(C)C. The minimum absolute atomic E-state index is 0.0674. The summed E-state index contributed by atoms with van der Waals surface area (Å²) in [6.45, 7) is 9.64. The Morgan fingerprint density at radius 2 is 1.12 bits per heavy atom. The molecule has 0 aromatic carbocycles. The fourth-order valence-corrected chi connectivity index (χ4v) is 3.56. The molecule has 0 aromatic heterocycles. The molecule has 0 saturated heterocycles. The van der Waals surface area contributed by atoms with Gasteiger partial charge in [-0.05, 0) is 26.1 Å². The first-order valence-electron chi connectivity index (χ1n) is 10.8. The van der Waals surface area contributed by atoms with Gasteiger partial charge in [0, 0.05) is 6.42 Å². The van der Waals surface area contributed by atoms with Crippen molar-refractivity contribution in [1.29, 1.82) is 0 Å². The molecule has 0 unspecified atom stereocenters. The zero-order valence-corrected chi connectivity index (χ0v) is 18.5. The predicted octanol–water partition coefficient (Wildman–Crippen LogP) is 6.86. The summed E-state index contributed by atoms with van der Waals surface area (Å²) in [5.41, 5.74) is 0. The van der Waals surface area contributed by atoms with E-state index in [1.165, 1.54) is 70.6 Å². The van der Waals surface area contributed by atoms with Gasteiger partial charge in [-0.3, -0.25) is 4.79 Å². The third-order valence-electron chi connectivity index (χ3n) is 4.37. The van der Waals surface area contributed by atoms with Crippen molar-refractivity contribution >= 4 is 14.3 Å². The summed E-state index contributed by atoms with van der Waals surface area (Å²) in [6.07, 6.45) is 17.8. The summed E-state index contributed by atoms with van der Waals surface area (Å²) in [4.78, 5) is 11.6. The van der Waals surface area contributed by atoms with E-state index >= 15 is 0 Å². The molecule has 0 heterocycles. The molecular formula is C21H44O3Si. The van der Waals surface area contributed by atoms with E-state index < -0.39 is 8.32 Å². The topological polar surface area (TPSA) is 35.5 Å². The molecule has 0 fully saturated rings. The van der Waals surface area contributed by atoms with Crippen molar-refractivity contribution in [1.82, 2.24) is 0 Å². The second-order valence-corrected chi connectivity index (χ2v) is 12.7. The zero-order valence-electron chi connectivity index (χ0n) is 17.5. The summed E-state index contributed by atoms with van der Waals surface area (Å²) in [5.74, 6) is -0.0674. The minimum Gasteiger partial charge on any atom is -0.463 e. The van der Waals surface area contributed by atoms with Gasteiger partial charge in [0.05, 0.1) is 6.61 Å². The molecule has 0 aliphatic rings. The highest BCUT2D eigenvalue weighted by Crippen LogP contribution is 2.13. The molecule has 0 amide bonds. The number of ether oxygens (including phenoxy) is 1. The minimum atomic E-state index is -1.48. The van der Waals surface area contributed by atoms with Crippen LogP contribution in [0.2, 0.25) is 19.6 Å². The molecule has 3 nitrogen and oxygen atoms in total. The summed E-state index contributed by atoms with van der Waals surface area (Å²) in [6, 6.07) is 0. The van der Waals surface area contributed by atoms with Crippen LogP contribution < -0.4 is 0 Å². The third-order valence-corrected chi connectivity index (χ3v) is 5.44. The van der Waals surface area contributed by atoms with Gasteiger partial charge < -0.3 is 9.16 Å². The van der Waals surface area contributed by atoms with E-state index in [1.807, 2.05) is 0 Å². The van der Waals surface area contributed by atoms with Crippen LogP contribution in [0.3, 0.4) is 0 Å². The lowest BCUT2D eigenvalue weighted by molar-refractivity contribution is -0.144. The van der Waals surface area contributed by atoms with Crippen LogP contribution in [-0.4, -0.2) is 27.5 Å². The summed E-state index contributed by atoms with van der Waals surface area (Å²) in [7, 11) is -1.48. The maximum Gasteiger partial charge on any atom is 0.305 e. The monoisotopic (exact) mass is 372 g/mol. The Balaban J connectivity index is 3.18. The fraction of sp³-hybridized carbons (Fsp3) is 0.952. The van der Waals surface area contributed by atoms with Crippen LogP contribution in [0.25, 0.3) is 0 Å². The van der Waals surface area contributed by atoms with Crippen LogP contribution in [-0.2, 0) is 14.0 Å². The van der Waals surface area contributed by atoms with Crippen LogP contribution in [0, 0.1) is 0 Å². The van der Waals surface area contributed by atoms with Crippen molar-refractivity contribution in [3.8, 4) is 0 Å². The Labute approximate surface area is 158 Å². The summed E-state index contributed by atoms with van der Waals surface area (Å²) >= 11 is 0. The number of hydrogen-bond donors (Lipinski definition) is 0. The van der Waals surface area contributed by atoms with Gasteiger partial charge >= 0.3 is 5.97 Å². The summed E-state index contributed by atoms with van der Waals surface area (Å²) < 4.78 is 10.9. The molecule has 0 aliphatic heterocycles. The third kappa shape index (κ3) is 21.6. The predicted molar refractivity (Wildman–Crippen MR) is 111 cm³/mol. The highest BCUT2D eigenvalue weighted by atomic mass is 28.4. The maximum atomic E-state index is 11.6. The van der Waals surface area contributed by atoms with E-state index in [2.05, 4.69) is 26.6 Å². The number of unbranched alkanes of at least 4 members (excludes halogenated alkanes) is 12. The number of esters is 1. The van der Waals surface area contributed by atoms with Crippen LogP contribution >= 0.6 is 0 Å². The van der Waals surface area contributed by atoms with Crippen molar-refractivity contribution in [3.63, 3.8) is 0 Å². The molecule has 0 saturated carbocycles. The highest BCUT2D eigenvalue weighted by molar-refractivity contribution is 6.69.